The Hall–Kier alpha value is -3.93. The average molecular weight is 430 g/mol. The van der Waals surface area contributed by atoms with Gasteiger partial charge in [-0.05, 0) is 59.5 Å². The van der Waals surface area contributed by atoms with Crippen molar-refractivity contribution in [3.05, 3.63) is 95.4 Å². The van der Waals surface area contributed by atoms with E-state index in [0.717, 1.165) is 10.5 Å². The van der Waals surface area contributed by atoms with E-state index in [9.17, 15) is 14.0 Å². The summed E-state index contributed by atoms with van der Waals surface area (Å²) in [7, 11) is 1.55. The molecular formula is C26H23FN2O3. The van der Waals surface area contributed by atoms with E-state index in [2.05, 4.69) is 19.2 Å². The fourth-order valence-electron chi connectivity index (χ4n) is 3.62. The highest BCUT2D eigenvalue weighted by Crippen LogP contribution is 2.34. The average Bonchev–Trinajstić information content (AvgIpc) is 3.03. The Labute approximate surface area is 186 Å². The normalized spacial score (nSPS) is 13.8. The van der Waals surface area contributed by atoms with Crippen LogP contribution in [0.4, 0.5) is 15.8 Å². The molecule has 0 saturated heterocycles. The van der Waals surface area contributed by atoms with E-state index < -0.39 is 17.6 Å². The molecule has 0 radical (unpaired) electrons. The van der Waals surface area contributed by atoms with Crippen LogP contribution in [0.3, 0.4) is 0 Å². The minimum absolute atomic E-state index is 0.140. The summed E-state index contributed by atoms with van der Waals surface area (Å²) in [6, 6.07) is 20.0. The van der Waals surface area contributed by atoms with Gasteiger partial charge in [0.25, 0.3) is 11.8 Å². The monoisotopic (exact) mass is 430 g/mol. The van der Waals surface area contributed by atoms with Crippen molar-refractivity contribution < 1.29 is 18.7 Å². The predicted octanol–water partition coefficient (Wildman–Crippen LogP) is 5.35. The molecular weight excluding hydrogens is 407 g/mol. The second-order valence-electron chi connectivity index (χ2n) is 7.81. The maximum Gasteiger partial charge on any atom is 0.282 e. The van der Waals surface area contributed by atoms with Crippen molar-refractivity contribution in [2.24, 2.45) is 0 Å². The fourth-order valence-corrected chi connectivity index (χ4v) is 3.62. The number of rotatable bonds is 6. The van der Waals surface area contributed by atoms with Crippen LogP contribution < -0.4 is 15.0 Å². The summed E-state index contributed by atoms with van der Waals surface area (Å²) >= 11 is 0. The first-order valence-corrected chi connectivity index (χ1v) is 10.3. The zero-order chi connectivity index (χ0) is 22.8. The predicted molar refractivity (Wildman–Crippen MR) is 123 cm³/mol. The SMILES string of the molecule is COc1ccc(C2=C(Nc3ccc(C(C)C)cc3)C(=O)N(c3cccc(F)c3)C2=O)cc1. The summed E-state index contributed by atoms with van der Waals surface area (Å²) in [6.45, 7) is 4.20. The lowest BCUT2D eigenvalue weighted by Crippen LogP contribution is -2.32. The number of methoxy groups -OCH3 is 1. The van der Waals surface area contributed by atoms with Gasteiger partial charge in [-0.1, -0.05) is 44.2 Å². The van der Waals surface area contributed by atoms with Crippen molar-refractivity contribution in [3.63, 3.8) is 0 Å². The van der Waals surface area contributed by atoms with Crippen molar-refractivity contribution in [2.45, 2.75) is 19.8 Å². The van der Waals surface area contributed by atoms with Crippen LogP contribution in [0.25, 0.3) is 5.57 Å². The van der Waals surface area contributed by atoms with E-state index >= 15 is 0 Å². The standard InChI is InChI=1S/C26H23FN2O3/c1-16(2)17-7-11-20(12-8-17)28-24-23(18-9-13-22(32-3)14-10-18)25(30)29(26(24)31)21-6-4-5-19(27)15-21/h4-16,28H,1-3H3. The third-order valence-electron chi connectivity index (χ3n) is 5.38. The summed E-state index contributed by atoms with van der Waals surface area (Å²) < 4.78 is 19.0. The number of nitrogens with one attached hydrogen (secondary N) is 1. The van der Waals surface area contributed by atoms with Crippen LogP contribution in [-0.4, -0.2) is 18.9 Å². The van der Waals surface area contributed by atoms with Crippen molar-refractivity contribution in [3.8, 4) is 5.75 Å². The number of imide groups is 1. The van der Waals surface area contributed by atoms with E-state index in [1.54, 1.807) is 31.4 Å². The minimum Gasteiger partial charge on any atom is -0.497 e. The number of benzene rings is 3. The third kappa shape index (κ3) is 3.99. The lowest BCUT2D eigenvalue weighted by Gasteiger charge is -2.15. The van der Waals surface area contributed by atoms with Gasteiger partial charge in [0.05, 0.1) is 18.4 Å². The van der Waals surface area contributed by atoms with Crippen LogP contribution in [-0.2, 0) is 9.59 Å². The molecule has 0 unspecified atom stereocenters. The number of nitrogens with zero attached hydrogens (tertiary/aromatic N) is 1. The number of carbonyl (C=O) groups is 2. The largest absolute Gasteiger partial charge is 0.497 e. The summed E-state index contributed by atoms with van der Waals surface area (Å²) in [5, 5.41) is 3.12. The first kappa shape index (κ1) is 21.3. The zero-order valence-corrected chi connectivity index (χ0v) is 18.1. The van der Waals surface area contributed by atoms with Crippen LogP contribution in [0.5, 0.6) is 5.75 Å². The lowest BCUT2D eigenvalue weighted by molar-refractivity contribution is -0.120. The number of carbonyl (C=O) groups excluding carboxylic acids is 2. The molecule has 2 amide bonds. The molecule has 0 bridgehead atoms. The van der Waals surface area contributed by atoms with Crippen LogP contribution in [0.2, 0.25) is 0 Å². The number of halogens is 1. The van der Waals surface area contributed by atoms with Gasteiger partial charge >= 0.3 is 0 Å². The second-order valence-corrected chi connectivity index (χ2v) is 7.81. The van der Waals surface area contributed by atoms with Crippen molar-refractivity contribution in [1.82, 2.24) is 0 Å². The van der Waals surface area contributed by atoms with Gasteiger partial charge in [0.2, 0.25) is 0 Å². The summed E-state index contributed by atoms with van der Waals surface area (Å²) in [6.07, 6.45) is 0. The second kappa shape index (κ2) is 8.67. The van der Waals surface area contributed by atoms with E-state index in [1.165, 1.54) is 24.3 Å². The molecule has 0 spiro atoms. The first-order valence-electron chi connectivity index (χ1n) is 10.3. The molecule has 0 aliphatic carbocycles. The van der Waals surface area contributed by atoms with Crippen molar-refractivity contribution >= 4 is 28.8 Å². The van der Waals surface area contributed by atoms with Crippen LogP contribution in [0.15, 0.2) is 78.5 Å². The van der Waals surface area contributed by atoms with Crippen LogP contribution in [0.1, 0.15) is 30.9 Å². The molecule has 0 fully saturated rings. The Balaban J connectivity index is 1.78. The molecule has 6 heteroatoms. The topological polar surface area (TPSA) is 58.6 Å². The molecule has 0 aromatic heterocycles. The quantitative estimate of drug-likeness (QED) is 0.536. The van der Waals surface area contributed by atoms with E-state index in [4.69, 9.17) is 4.74 Å². The molecule has 3 aromatic rings. The number of anilines is 2. The van der Waals surface area contributed by atoms with E-state index in [-0.39, 0.29) is 17.0 Å². The highest BCUT2D eigenvalue weighted by atomic mass is 19.1. The highest BCUT2D eigenvalue weighted by Gasteiger charge is 2.40. The minimum atomic E-state index is -0.542. The molecule has 1 aliphatic heterocycles. The zero-order valence-electron chi connectivity index (χ0n) is 18.1. The maximum absolute atomic E-state index is 13.8. The van der Waals surface area contributed by atoms with Gasteiger partial charge in [0.15, 0.2) is 0 Å². The molecule has 3 aromatic carbocycles. The molecule has 1 N–H and O–H groups in total. The fraction of sp³-hybridized carbons (Fsp3) is 0.154. The number of hydrogen-bond donors (Lipinski definition) is 1. The summed E-state index contributed by atoms with van der Waals surface area (Å²) in [5.74, 6) is -0.589. The molecule has 162 valence electrons. The van der Waals surface area contributed by atoms with Crippen molar-refractivity contribution in [1.29, 1.82) is 0 Å². The summed E-state index contributed by atoms with van der Waals surface area (Å²) in [5.41, 5.74) is 2.94. The molecule has 4 rings (SSSR count). The molecule has 0 saturated carbocycles. The smallest absolute Gasteiger partial charge is 0.282 e. The first-order chi connectivity index (χ1) is 15.4. The summed E-state index contributed by atoms with van der Waals surface area (Å²) in [4.78, 5) is 27.7. The van der Waals surface area contributed by atoms with Gasteiger partial charge in [-0.2, -0.15) is 0 Å². The van der Waals surface area contributed by atoms with Gasteiger partial charge < -0.3 is 10.1 Å². The molecule has 0 atom stereocenters. The Morgan fingerprint density at radius 3 is 2.19 bits per heavy atom. The van der Waals surface area contributed by atoms with Crippen molar-refractivity contribution in [2.75, 3.05) is 17.3 Å². The van der Waals surface area contributed by atoms with Crippen LogP contribution in [0, 0.1) is 5.82 Å². The van der Waals surface area contributed by atoms with Crippen LogP contribution >= 0.6 is 0 Å². The van der Waals surface area contributed by atoms with Gasteiger partial charge in [0.1, 0.15) is 17.3 Å². The Morgan fingerprint density at radius 1 is 0.906 bits per heavy atom. The van der Waals surface area contributed by atoms with Gasteiger partial charge in [-0.3, -0.25) is 9.59 Å². The molecule has 1 heterocycles. The van der Waals surface area contributed by atoms with Gasteiger partial charge in [-0.25, -0.2) is 9.29 Å². The molecule has 32 heavy (non-hydrogen) atoms. The van der Waals surface area contributed by atoms with E-state index in [0.29, 0.717) is 22.9 Å². The molecule has 5 nitrogen and oxygen atoms in total. The molecule has 1 aliphatic rings. The third-order valence-corrected chi connectivity index (χ3v) is 5.38. The van der Waals surface area contributed by atoms with Gasteiger partial charge in [-0.15, -0.1) is 0 Å². The number of hydrogen-bond acceptors (Lipinski definition) is 4. The lowest BCUT2D eigenvalue weighted by atomic mass is 10.0. The Morgan fingerprint density at radius 2 is 1.59 bits per heavy atom. The highest BCUT2D eigenvalue weighted by molar-refractivity contribution is 6.46. The number of amides is 2. The Bertz CT molecular complexity index is 1200. The number of ether oxygens (including phenoxy) is 1. The van der Waals surface area contributed by atoms with E-state index in [1.807, 2.05) is 24.3 Å². The Kier molecular flexibility index (Phi) is 5.77. The maximum atomic E-state index is 13.8. The van der Waals surface area contributed by atoms with Gasteiger partial charge in [0, 0.05) is 5.69 Å².